The molecule has 0 spiro atoms. The second kappa shape index (κ2) is 3.73. The first-order valence-electron chi connectivity index (χ1n) is 5.21. The molecule has 0 aromatic rings. The lowest BCUT2D eigenvalue weighted by Crippen LogP contribution is -2.38. The van der Waals surface area contributed by atoms with Gasteiger partial charge in [0.25, 0.3) is 0 Å². The summed E-state index contributed by atoms with van der Waals surface area (Å²) in [5.74, 6) is 0.573. The zero-order chi connectivity index (χ0) is 10.0. The Morgan fingerprint density at radius 3 is 2.71 bits per heavy atom. The van der Waals surface area contributed by atoms with Crippen LogP contribution in [0.5, 0.6) is 0 Å². The van der Waals surface area contributed by atoms with Crippen LogP contribution in [0.4, 0.5) is 0 Å². The van der Waals surface area contributed by atoms with Crippen LogP contribution in [0.25, 0.3) is 0 Å². The molecule has 3 nitrogen and oxygen atoms in total. The minimum atomic E-state index is -0.573. The molecule has 0 bridgehead atoms. The maximum atomic E-state index is 12.1. The van der Waals surface area contributed by atoms with Crippen LogP contribution in [0.15, 0.2) is 11.8 Å². The topological polar surface area (TPSA) is 35.5 Å². The molecule has 0 atom stereocenters. The molecular weight excluding hydrogens is 180 g/mol. The predicted molar refractivity (Wildman–Crippen MR) is 51.9 cm³/mol. The van der Waals surface area contributed by atoms with E-state index in [-0.39, 0.29) is 5.78 Å². The Balaban J connectivity index is 2.15. The second-order valence-electron chi connectivity index (χ2n) is 3.94. The molecule has 14 heavy (non-hydrogen) atoms. The summed E-state index contributed by atoms with van der Waals surface area (Å²) in [6.45, 7) is 0.640. The molecule has 1 aliphatic heterocycles. The summed E-state index contributed by atoms with van der Waals surface area (Å²) in [5, 5.41) is 0. The van der Waals surface area contributed by atoms with Crippen molar-refractivity contribution in [1.29, 1.82) is 0 Å². The van der Waals surface area contributed by atoms with Crippen LogP contribution < -0.4 is 0 Å². The summed E-state index contributed by atoms with van der Waals surface area (Å²) in [6.07, 6.45) is 6.55. The van der Waals surface area contributed by atoms with Gasteiger partial charge in [0.15, 0.2) is 5.76 Å². The molecule has 0 N–H and O–H groups in total. The van der Waals surface area contributed by atoms with Gasteiger partial charge in [0.05, 0.1) is 6.61 Å². The molecule has 1 aliphatic carbocycles. The molecule has 0 aromatic carbocycles. The van der Waals surface area contributed by atoms with Gasteiger partial charge >= 0.3 is 0 Å². The van der Waals surface area contributed by atoms with Crippen LogP contribution in [0.1, 0.15) is 32.1 Å². The fourth-order valence-corrected chi connectivity index (χ4v) is 2.27. The number of hydrogen-bond donors (Lipinski definition) is 0. The normalized spacial score (nSPS) is 24.5. The van der Waals surface area contributed by atoms with E-state index in [1.807, 2.05) is 6.08 Å². The number of carbonyl (C=O) groups is 1. The van der Waals surface area contributed by atoms with Crippen LogP contribution >= 0.6 is 0 Å². The van der Waals surface area contributed by atoms with Gasteiger partial charge in [-0.15, -0.1) is 0 Å². The Morgan fingerprint density at radius 2 is 2.21 bits per heavy atom. The van der Waals surface area contributed by atoms with E-state index in [9.17, 15) is 4.79 Å². The summed E-state index contributed by atoms with van der Waals surface area (Å²) in [6, 6.07) is 0. The van der Waals surface area contributed by atoms with Crippen molar-refractivity contribution in [3.63, 3.8) is 0 Å². The van der Waals surface area contributed by atoms with Crippen molar-refractivity contribution < 1.29 is 14.3 Å². The highest BCUT2D eigenvalue weighted by Gasteiger charge is 2.43. The zero-order valence-electron chi connectivity index (χ0n) is 8.54. The Kier molecular flexibility index (Phi) is 2.59. The number of hydrogen-bond acceptors (Lipinski definition) is 3. The third-order valence-corrected chi connectivity index (χ3v) is 3.14. The molecule has 2 rings (SSSR count). The molecule has 0 amide bonds. The first-order chi connectivity index (χ1) is 6.78. The first-order valence-corrected chi connectivity index (χ1v) is 5.21. The van der Waals surface area contributed by atoms with Crippen molar-refractivity contribution in [2.45, 2.75) is 37.7 Å². The monoisotopic (exact) mass is 196 g/mol. The number of methoxy groups -OCH3 is 1. The molecule has 1 saturated carbocycles. The zero-order valence-corrected chi connectivity index (χ0v) is 8.54. The average Bonchev–Trinajstić information content (AvgIpc) is 2.89. The molecule has 2 aliphatic rings. The van der Waals surface area contributed by atoms with Gasteiger partial charge in [-0.1, -0.05) is 0 Å². The van der Waals surface area contributed by atoms with E-state index in [0.29, 0.717) is 12.4 Å². The maximum absolute atomic E-state index is 12.1. The smallest absolute Gasteiger partial charge is 0.228 e. The summed E-state index contributed by atoms with van der Waals surface area (Å²) in [5.41, 5.74) is -0.573. The van der Waals surface area contributed by atoms with Crippen LogP contribution in [-0.4, -0.2) is 25.1 Å². The SMILES string of the molecule is COC1(C(=O)C2=CCCO2)CCCC1. The molecule has 1 fully saturated rings. The Morgan fingerprint density at radius 1 is 1.50 bits per heavy atom. The number of rotatable bonds is 3. The van der Waals surface area contributed by atoms with Crippen molar-refractivity contribution in [3.8, 4) is 0 Å². The van der Waals surface area contributed by atoms with Gasteiger partial charge in [-0.3, -0.25) is 4.79 Å². The molecule has 78 valence electrons. The van der Waals surface area contributed by atoms with Crippen molar-refractivity contribution in [2.24, 2.45) is 0 Å². The third kappa shape index (κ3) is 1.46. The highest BCUT2D eigenvalue weighted by molar-refractivity contribution is 6.00. The lowest BCUT2D eigenvalue weighted by Gasteiger charge is -2.25. The lowest BCUT2D eigenvalue weighted by atomic mass is 9.95. The van der Waals surface area contributed by atoms with Crippen molar-refractivity contribution in [1.82, 2.24) is 0 Å². The quantitative estimate of drug-likeness (QED) is 0.690. The molecule has 3 heteroatoms. The second-order valence-corrected chi connectivity index (χ2v) is 3.94. The van der Waals surface area contributed by atoms with Crippen molar-refractivity contribution in [2.75, 3.05) is 13.7 Å². The van der Waals surface area contributed by atoms with Gasteiger partial charge in [0, 0.05) is 13.5 Å². The first kappa shape index (κ1) is 9.71. The maximum Gasteiger partial charge on any atom is 0.228 e. The standard InChI is InChI=1S/C11H16O3/c1-13-11(6-2-3-7-11)10(12)9-5-4-8-14-9/h5H,2-4,6-8H2,1H3. The van der Waals surface area contributed by atoms with Gasteiger partial charge in [0.1, 0.15) is 5.60 Å². The summed E-state index contributed by atoms with van der Waals surface area (Å²) >= 11 is 0. The van der Waals surface area contributed by atoms with Gasteiger partial charge in [-0.25, -0.2) is 0 Å². The van der Waals surface area contributed by atoms with E-state index in [4.69, 9.17) is 9.47 Å². The molecule has 0 saturated heterocycles. The fourth-order valence-electron chi connectivity index (χ4n) is 2.27. The van der Waals surface area contributed by atoms with Gasteiger partial charge in [0.2, 0.25) is 5.78 Å². The van der Waals surface area contributed by atoms with E-state index < -0.39 is 5.60 Å². The number of Topliss-reactive ketones (excluding diaryl/α,β-unsaturated/α-hetero) is 1. The summed E-state index contributed by atoms with van der Waals surface area (Å²) in [7, 11) is 1.62. The van der Waals surface area contributed by atoms with Crippen LogP contribution in [-0.2, 0) is 14.3 Å². The van der Waals surface area contributed by atoms with Gasteiger partial charge in [-0.2, -0.15) is 0 Å². The molecular formula is C11H16O3. The van der Waals surface area contributed by atoms with E-state index in [1.165, 1.54) is 0 Å². The Bertz CT molecular complexity index is 262. The molecule has 0 unspecified atom stereocenters. The average molecular weight is 196 g/mol. The minimum absolute atomic E-state index is 0.0509. The number of ether oxygens (including phenoxy) is 2. The molecule has 1 heterocycles. The highest BCUT2D eigenvalue weighted by Crippen LogP contribution is 2.36. The van der Waals surface area contributed by atoms with E-state index in [2.05, 4.69) is 0 Å². The Labute approximate surface area is 84.1 Å². The largest absolute Gasteiger partial charge is 0.490 e. The van der Waals surface area contributed by atoms with Crippen LogP contribution in [0.3, 0.4) is 0 Å². The third-order valence-electron chi connectivity index (χ3n) is 3.14. The number of ketones is 1. The fraction of sp³-hybridized carbons (Fsp3) is 0.727. The molecule has 0 aromatic heterocycles. The van der Waals surface area contributed by atoms with E-state index in [0.717, 1.165) is 32.1 Å². The minimum Gasteiger partial charge on any atom is -0.490 e. The van der Waals surface area contributed by atoms with Crippen LogP contribution in [0, 0.1) is 0 Å². The van der Waals surface area contributed by atoms with E-state index in [1.54, 1.807) is 7.11 Å². The van der Waals surface area contributed by atoms with E-state index >= 15 is 0 Å². The summed E-state index contributed by atoms with van der Waals surface area (Å²) < 4.78 is 10.7. The van der Waals surface area contributed by atoms with Gasteiger partial charge < -0.3 is 9.47 Å². The van der Waals surface area contributed by atoms with Crippen LogP contribution in [0.2, 0.25) is 0 Å². The van der Waals surface area contributed by atoms with Crippen molar-refractivity contribution in [3.05, 3.63) is 11.8 Å². The highest BCUT2D eigenvalue weighted by atomic mass is 16.5. The summed E-state index contributed by atoms with van der Waals surface area (Å²) in [4.78, 5) is 12.1. The predicted octanol–water partition coefficient (Wildman–Crippen LogP) is 1.82. The van der Waals surface area contributed by atoms with Crippen molar-refractivity contribution >= 4 is 5.78 Å². The van der Waals surface area contributed by atoms with Gasteiger partial charge in [-0.05, 0) is 31.8 Å². The lowest BCUT2D eigenvalue weighted by molar-refractivity contribution is -0.139. The Hall–Kier alpha value is -0.830. The molecule has 0 radical (unpaired) electrons. The number of carbonyl (C=O) groups excluding carboxylic acids is 1.